The van der Waals surface area contributed by atoms with Gasteiger partial charge in [0.05, 0.1) is 23.7 Å². The van der Waals surface area contributed by atoms with Crippen LogP contribution in [0.4, 0.5) is 11.5 Å². The third-order valence-electron chi connectivity index (χ3n) is 5.00. The van der Waals surface area contributed by atoms with Crippen LogP contribution in [-0.4, -0.2) is 34.1 Å². The number of ether oxygens (including phenoxy) is 3. The number of aryl methyl sites for hydroxylation is 1. The fraction of sp³-hybridized carbons (Fsp3) is 0.200. The molecule has 1 atom stereocenters. The monoisotopic (exact) mass is 444 g/mol. The molecule has 168 valence electrons. The molecule has 2 aromatic heterocycles. The van der Waals surface area contributed by atoms with E-state index in [2.05, 4.69) is 20.3 Å². The van der Waals surface area contributed by atoms with Crippen molar-refractivity contribution in [1.29, 1.82) is 0 Å². The number of anilines is 2. The molecule has 0 saturated heterocycles. The summed E-state index contributed by atoms with van der Waals surface area (Å²) in [7, 11) is 1.33. The highest BCUT2D eigenvalue weighted by Crippen LogP contribution is 2.33. The van der Waals surface area contributed by atoms with E-state index >= 15 is 0 Å². The van der Waals surface area contributed by atoms with Crippen LogP contribution in [0.1, 0.15) is 18.2 Å². The lowest BCUT2D eigenvalue weighted by molar-refractivity contribution is -0.147. The van der Waals surface area contributed by atoms with E-state index in [9.17, 15) is 4.79 Å². The molecule has 0 aliphatic heterocycles. The first-order valence-electron chi connectivity index (χ1n) is 10.4. The first-order valence-corrected chi connectivity index (χ1v) is 10.4. The van der Waals surface area contributed by atoms with Crippen molar-refractivity contribution in [2.45, 2.75) is 26.6 Å². The van der Waals surface area contributed by atoms with Crippen LogP contribution in [0.25, 0.3) is 10.9 Å². The Kier molecular flexibility index (Phi) is 6.64. The summed E-state index contributed by atoms with van der Waals surface area (Å²) in [5.41, 5.74) is 3.34. The minimum atomic E-state index is -0.772. The number of methoxy groups -OCH3 is 1. The molecule has 8 nitrogen and oxygen atoms in total. The highest BCUT2D eigenvalue weighted by molar-refractivity contribution is 5.96. The van der Waals surface area contributed by atoms with Gasteiger partial charge in [0.25, 0.3) is 0 Å². The van der Waals surface area contributed by atoms with Crippen LogP contribution in [-0.2, 0) is 16.1 Å². The van der Waals surface area contributed by atoms with Gasteiger partial charge in [-0.05, 0) is 61.9 Å². The van der Waals surface area contributed by atoms with Gasteiger partial charge in [-0.2, -0.15) is 0 Å². The third-order valence-corrected chi connectivity index (χ3v) is 5.00. The fourth-order valence-electron chi connectivity index (χ4n) is 3.34. The van der Waals surface area contributed by atoms with Crippen LogP contribution in [0.5, 0.6) is 11.5 Å². The van der Waals surface area contributed by atoms with Crippen LogP contribution in [0.2, 0.25) is 0 Å². The fourth-order valence-corrected chi connectivity index (χ4v) is 3.34. The summed E-state index contributed by atoms with van der Waals surface area (Å²) in [6.07, 6.45) is 2.45. The number of pyridine rings is 1. The van der Waals surface area contributed by atoms with Crippen molar-refractivity contribution in [3.8, 4) is 11.5 Å². The number of benzene rings is 2. The molecule has 0 saturated carbocycles. The van der Waals surface area contributed by atoms with E-state index in [1.807, 2.05) is 55.5 Å². The number of nitrogens with one attached hydrogen (secondary N) is 1. The number of carbonyl (C=O) groups excluding carboxylic acids is 1. The lowest BCUT2D eigenvalue weighted by Gasteiger charge is -2.16. The number of nitrogens with zero attached hydrogens (tertiary/aromatic N) is 3. The number of esters is 1. The molecule has 0 aliphatic carbocycles. The molecule has 8 heteroatoms. The number of fused-ring (bicyclic) bond motifs is 1. The summed E-state index contributed by atoms with van der Waals surface area (Å²) >= 11 is 0. The standard InChI is InChI=1S/C25H24N4O4/c1-16-13-18(10-11-21(16)32-14-19-7-4-5-12-26-19)29-24-23-20(27-15-28-24)8-6-9-22(23)33-17(2)25(30)31-3/h4-13,15,17H,14H2,1-3H3,(H,27,28,29)/t17-/m1/s1. The van der Waals surface area contributed by atoms with E-state index in [1.165, 1.54) is 13.4 Å². The topological polar surface area (TPSA) is 95.5 Å². The zero-order chi connectivity index (χ0) is 23.2. The van der Waals surface area contributed by atoms with E-state index in [4.69, 9.17) is 14.2 Å². The van der Waals surface area contributed by atoms with Gasteiger partial charge in [0.2, 0.25) is 0 Å². The maximum Gasteiger partial charge on any atom is 0.346 e. The van der Waals surface area contributed by atoms with Gasteiger partial charge in [-0.3, -0.25) is 4.98 Å². The summed E-state index contributed by atoms with van der Waals surface area (Å²) in [6.45, 7) is 4.00. The van der Waals surface area contributed by atoms with Gasteiger partial charge >= 0.3 is 5.97 Å². The van der Waals surface area contributed by atoms with E-state index in [1.54, 1.807) is 19.2 Å². The Bertz CT molecular complexity index is 1260. The molecule has 0 bridgehead atoms. The number of rotatable bonds is 8. The third kappa shape index (κ3) is 5.17. The predicted molar refractivity (Wildman–Crippen MR) is 125 cm³/mol. The summed E-state index contributed by atoms with van der Waals surface area (Å²) < 4.78 is 16.5. The second-order valence-corrected chi connectivity index (χ2v) is 7.37. The average Bonchev–Trinajstić information content (AvgIpc) is 2.84. The predicted octanol–water partition coefficient (Wildman–Crippen LogP) is 4.60. The van der Waals surface area contributed by atoms with Crippen molar-refractivity contribution in [1.82, 2.24) is 15.0 Å². The minimum Gasteiger partial charge on any atom is -0.487 e. The van der Waals surface area contributed by atoms with E-state index in [0.29, 0.717) is 29.1 Å². The molecule has 2 aromatic carbocycles. The highest BCUT2D eigenvalue weighted by atomic mass is 16.6. The SMILES string of the molecule is COC(=O)[C@@H](C)Oc1cccc2ncnc(Nc3ccc(OCc4ccccn4)c(C)c3)c12. The van der Waals surface area contributed by atoms with Crippen molar-refractivity contribution in [3.05, 3.63) is 78.4 Å². The summed E-state index contributed by atoms with van der Waals surface area (Å²) in [6, 6.07) is 17.0. The van der Waals surface area contributed by atoms with Crippen LogP contribution >= 0.6 is 0 Å². The van der Waals surface area contributed by atoms with Gasteiger partial charge in [-0.25, -0.2) is 14.8 Å². The summed E-state index contributed by atoms with van der Waals surface area (Å²) in [4.78, 5) is 24.8. The maximum absolute atomic E-state index is 11.8. The molecular weight excluding hydrogens is 420 g/mol. The van der Waals surface area contributed by atoms with Crippen molar-refractivity contribution >= 4 is 28.4 Å². The number of hydrogen-bond acceptors (Lipinski definition) is 8. The van der Waals surface area contributed by atoms with Gasteiger partial charge in [-0.15, -0.1) is 0 Å². The second-order valence-electron chi connectivity index (χ2n) is 7.37. The molecule has 4 rings (SSSR count). The van der Waals surface area contributed by atoms with Gasteiger partial charge in [0.15, 0.2) is 6.10 Å². The minimum absolute atomic E-state index is 0.393. The molecule has 0 spiro atoms. The maximum atomic E-state index is 11.8. The number of carbonyl (C=O) groups is 1. The van der Waals surface area contributed by atoms with Crippen molar-refractivity contribution in [2.24, 2.45) is 0 Å². The van der Waals surface area contributed by atoms with E-state index in [-0.39, 0.29) is 0 Å². The molecule has 0 radical (unpaired) electrons. The van der Waals surface area contributed by atoms with Crippen molar-refractivity contribution in [2.75, 3.05) is 12.4 Å². The highest BCUT2D eigenvalue weighted by Gasteiger charge is 2.18. The van der Waals surface area contributed by atoms with E-state index < -0.39 is 12.1 Å². The van der Waals surface area contributed by atoms with Gasteiger partial charge in [0, 0.05) is 11.9 Å². The molecule has 0 unspecified atom stereocenters. The van der Waals surface area contributed by atoms with E-state index in [0.717, 1.165) is 22.7 Å². The molecule has 33 heavy (non-hydrogen) atoms. The molecule has 1 N–H and O–H groups in total. The Balaban J connectivity index is 1.57. The van der Waals surface area contributed by atoms with Gasteiger partial charge in [-0.1, -0.05) is 12.1 Å². The molecule has 0 aliphatic rings. The second kappa shape index (κ2) is 9.95. The van der Waals surface area contributed by atoms with Crippen LogP contribution < -0.4 is 14.8 Å². The van der Waals surface area contributed by atoms with Crippen molar-refractivity contribution in [3.63, 3.8) is 0 Å². The van der Waals surface area contributed by atoms with Crippen LogP contribution in [0, 0.1) is 6.92 Å². The van der Waals surface area contributed by atoms with Crippen molar-refractivity contribution < 1.29 is 19.0 Å². The summed E-state index contributed by atoms with van der Waals surface area (Å²) in [5, 5.41) is 4.00. The zero-order valence-corrected chi connectivity index (χ0v) is 18.6. The molecule has 0 fully saturated rings. The molecule has 4 aromatic rings. The van der Waals surface area contributed by atoms with Gasteiger partial charge in [0.1, 0.15) is 30.3 Å². The zero-order valence-electron chi connectivity index (χ0n) is 18.6. The van der Waals surface area contributed by atoms with Crippen LogP contribution in [0.3, 0.4) is 0 Å². The van der Waals surface area contributed by atoms with Gasteiger partial charge < -0.3 is 19.5 Å². The average molecular weight is 444 g/mol. The Hall–Kier alpha value is -4.20. The molecular formula is C25H24N4O4. The first-order chi connectivity index (χ1) is 16.0. The molecule has 2 heterocycles. The molecule has 0 amide bonds. The lowest BCUT2D eigenvalue weighted by atomic mass is 10.1. The Morgan fingerprint density at radius 3 is 2.67 bits per heavy atom. The first kappa shape index (κ1) is 22.0. The summed E-state index contributed by atoms with van der Waals surface area (Å²) in [5.74, 6) is 1.36. The largest absolute Gasteiger partial charge is 0.487 e. The Labute approximate surface area is 191 Å². The number of hydrogen-bond donors (Lipinski definition) is 1. The normalized spacial score (nSPS) is 11.6. The Morgan fingerprint density at radius 2 is 1.91 bits per heavy atom. The quantitative estimate of drug-likeness (QED) is 0.394. The number of aromatic nitrogens is 3. The lowest BCUT2D eigenvalue weighted by Crippen LogP contribution is -2.25. The Morgan fingerprint density at radius 1 is 1.03 bits per heavy atom. The smallest absolute Gasteiger partial charge is 0.346 e. The van der Waals surface area contributed by atoms with Crippen LogP contribution in [0.15, 0.2) is 67.1 Å².